The summed E-state index contributed by atoms with van der Waals surface area (Å²) in [5, 5.41) is 12.6. The fourth-order valence-corrected chi connectivity index (χ4v) is 2.25. The van der Waals surface area contributed by atoms with Crippen molar-refractivity contribution in [3.63, 3.8) is 0 Å². The SMILES string of the molecule is CCCNC(C)(C#N)CCCN(C)c1cccc(C)c1. The fourth-order valence-electron chi connectivity index (χ4n) is 2.25. The van der Waals surface area contributed by atoms with Gasteiger partial charge in [0.25, 0.3) is 0 Å². The zero-order chi connectivity index (χ0) is 15.0. The molecule has 1 atom stereocenters. The van der Waals surface area contributed by atoms with E-state index in [4.69, 9.17) is 0 Å². The van der Waals surface area contributed by atoms with Gasteiger partial charge in [0.15, 0.2) is 0 Å². The zero-order valence-corrected chi connectivity index (χ0v) is 13.2. The number of rotatable bonds is 8. The van der Waals surface area contributed by atoms with Gasteiger partial charge in [0.1, 0.15) is 5.54 Å². The summed E-state index contributed by atoms with van der Waals surface area (Å²) < 4.78 is 0. The van der Waals surface area contributed by atoms with Crippen LogP contribution in [-0.2, 0) is 0 Å². The van der Waals surface area contributed by atoms with Crippen LogP contribution >= 0.6 is 0 Å². The van der Waals surface area contributed by atoms with Crippen LogP contribution in [-0.4, -0.2) is 25.7 Å². The van der Waals surface area contributed by atoms with Gasteiger partial charge in [0.2, 0.25) is 0 Å². The predicted octanol–water partition coefficient (Wildman–Crippen LogP) is 3.49. The Bertz CT molecular complexity index is 450. The van der Waals surface area contributed by atoms with Gasteiger partial charge in [-0.15, -0.1) is 0 Å². The van der Waals surface area contributed by atoms with Crippen LogP contribution in [0.3, 0.4) is 0 Å². The first-order valence-electron chi connectivity index (χ1n) is 7.45. The lowest BCUT2D eigenvalue weighted by atomic mass is 9.97. The van der Waals surface area contributed by atoms with Gasteiger partial charge in [-0.3, -0.25) is 5.32 Å². The molecule has 1 unspecified atom stereocenters. The molecule has 3 heteroatoms. The van der Waals surface area contributed by atoms with Crippen LogP contribution in [0.1, 0.15) is 38.7 Å². The average Bonchev–Trinajstić information content (AvgIpc) is 2.45. The summed E-state index contributed by atoms with van der Waals surface area (Å²) in [6.07, 6.45) is 2.94. The third-order valence-electron chi connectivity index (χ3n) is 3.62. The summed E-state index contributed by atoms with van der Waals surface area (Å²) in [7, 11) is 2.11. The van der Waals surface area contributed by atoms with Gasteiger partial charge in [-0.25, -0.2) is 0 Å². The molecule has 0 aliphatic heterocycles. The molecule has 0 spiro atoms. The number of benzene rings is 1. The number of anilines is 1. The van der Waals surface area contributed by atoms with Crippen LogP contribution in [0, 0.1) is 18.3 Å². The summed E-state index contributed by atoms with van der Waals surface area (Å²) in [5.41, 5.74) is 2.12. The molecule has 0 fully saturated rings. The lowest BCUT2D eigenvalue weighted by molar-refractivity contribution is 0.408. The number of hydrogen-bond donors (Lipinski definition) is 1. The van der Waals surface area contributed by atoms with E-state index in [0.717, 1.165) is 32.4 Å². The van der Waals surface area contributed by atoms with E-state index >= 15 is 0 Å². The minimum absolute atomic E-state index is 0.399. The second kappa shape index (κ2) is 7.91. The van der Waals surface area contributed by atoms with E-state index in [0.29, 0.717) is 0 Å². The summed E-state index contributed by atoms with van der Waals surface area (Å²) in [4.78, 5) is 2.25. The summed E-state index contributed by atoms with van der Waals surface area (Å²) in [6, 6.07) is 10.9. The molecule has 0 bridgehead atoms. The molecule has 1 rings (SSSR count). The Hall–Kier alpha value is -1.53. The Morgan fingerprint density at radius 3 is 2.75 bits per heavy atom. The molecule has 20 heavy (non-hydrogen) atoms. The van der Waals surface area contributed by atoms with Crippen molar-refractivity contribution < 1.29 is 0 Å². The second-order valence-corrected chi connectivity index (χ2v) is 5.73. The maximum atomic E-state index is 9.30. The lowest BCUT2D eigenvalue weighted by Gasteiger charge is -2.25. The van der Waals surface area contributed by atoms with Crippen molar-refractivity contribution in [2.24, 2.45) is 0 Å². The average molecular weight is 273 g/mol. The number of hydrogen-bond acceptors (Lipinski definition) is 3. The van der Waals surface area contributed by atoms with Gasteiger partial charge in [-0.1, -0.05) is 19.1 Å². The molecule has 0 heterocycles. The molecule has 0 aromatic heterocycles. The van der Waals surface area contributed by atoms with Crippen molar-refractivity contribution in [2.75, 3.05) is 25.0 Å². The van der Waals surface area contributed by atoms with Gasteiger partial charge >= 0.3 is 0 Å². The zero-order valence-electron chi connectivity index (χ0n) is 13.2. The van der Waals surface area contributed by atoms with E-state index in [1.165, 1.54) is 11.3 Å². The van der Waals surface area contributed by atoms with Crippen molar-refractivity contribution in [3.8, 4) is 6.07 Å². The third-order valence-corrected chi connectivity index (χ3v) is 3.62. The van der Waals surface area contributed by atoms with Crippen molar-refractivity contribution >= 4 is 5.69 Å². The Morgan fingerprint density at radius 2 is 2.15 bits per heavy atom. The molecule has 0 aliphatic carbocycles. The largest absolute Gasteiger partial charge is 0.375 e. The molecule has 110 valence electrons. The first-order chi connectivity index (χ1) is 9.50. The van der Waals surface area contributed by atoms with Crippen LogP contribution in [0.15, 0.2) is 24.3 Å². The van der Waals surface area contributed by atoms with Crippen molar-refractivity contribution in [1.82, 2.24) is 5.32 Å². The van der Waals surface area contributed by atoms with Gasteiger partial charge in [0.05, 0.1) is 6.07 Å². The summed E-state index contributed by atoms with van der Waals surface area (Å²) in [5.74, 6) is 0. The lowest BCUT2D eigenvalue weighted by Crippen LogP contribution is -2.41. The van der Waals surface area contributed by atoms with E-state index in [2.05, 4.69) is 61.4 Å². The van der Waals surface area contributed by atoms with Crippen LogP contribution in [0.5, 0.6) is 0 Å². The highest BCUT2D eigenvalue weighted by Crippen LogP contribution is 2.17. The molecule has 0 saturated carbocycles. The summed E-state index contributed by atoms with van der Waals surface area (Å²) in [6.45, 7) is 8.09. The Morgan fingerprint density at radius 1 is 1.40 bits per heavy atom. The standard InChI is InChI=1S/C17H27N3/c1-5-11-19-17(3,14-18)10-7-12-20(4)16-9-6-8-15(2)13-16/h6,8-9,13,19H,5,7,10-12H2,1-4H3. The molecular weight excluding hydrogens is 246 g/mol. The Labute approximate surface area is 123 Å². The van der Waals surface area contributed by atoms with Crippen molar-refractivity contribution in [2.45, 2.75) is 45.6 Å². The first-order valence-corrected chi connectivity index (χ1v) is 7.45. The summed E-state index contributed by atoms with van der Waals surface area (Å²) >= 11 is 0. The number of nitrogens with one attached hydrogen (secondary N) is 1. The number of aryl methyl sites for hydroxylation is 1. The van der Waals surface area contributed by atoms with E-state index in [1.807, 2.05) is 6.92 Å². The molecule has 1 aromatic rings. The van der Waals surface area contributed by atoms with Crippen molar-refractivity contribution in [3.05, 3.63) is 29.8 Å². The van der Waals surface area contributed by atoms with Crippen LogP contribution in [0.2, 0.25) is 0 Å². The molecule has 0 amide bonds. The quantitative estimate of drug-likeness (QED) is 0.788. The van der Waals surface area contributed by atoms with E-state index in [-0.39, 0.29) is 0 Å². The Balaban J connectivity index is 2.45. The minimum Gasteiger partial charge on any atom is -0.375 e. The topological polar surface area (TPSA) is 39.1 Å². The fraction of sp³-hybridized carbons (Fsp3) is 0.588. The van der Waals surface area contributed by atoms with E-state index in [9.17, 15) is 5.26 Å². The molecule has 1 N–H and O–H groups in total. The van der Waals surface area contributed by atoms with Crippen LogP contribution < -0.4 is 10.2 Å². The second-order valence-electron chi connectivity index (χ2n) is 5.73. The highest BCUT2D eigenvalue weighted by atomic mass is 15.1. The monoisotopic (exact) mass is 273 g/mol. The number of nitriles is 1. The predicted molar refractivity (Wildman–Crippen MR) is 86.0 cm³/mol. The van der Waals surface area contributed by atoms with Gasteiger partial charge in [-0.2, -0.15) is 5.26 Å². The molecule has 0 saturated heterocycles. The molecule has 0 aliphatic rings. The van der Waals surface area contributed by atoms with Gasteiger partial charge in [0, 0.05) is 19.3 Å². The maximum absolute atomic E-state index is 9.30. The highest BCUT2D eigenvalue weighted by molar-refractivity contribution is 5.47. The molecule has 1 aromatic carbocycles. The van der Waals surface area contributed by atoms with E-state index in [1.54, 1.807) is 0 Å². The highest BCUT2D eigenvalue weighted by Gasteiger charge is 2.21. The van der Waals surface area contributed by atoms with Crippen LogP contribution in [0.25, 0.3) is 0 Å². The van der Waals surface area contributed by atoms with Crippen LogP contribution in [0.4, 0.5) is 5.69 Å². The number of nitrogens with zero attached hydrogens (tertiary/aromatic N) is 2. The van der Waals surface area contributed by atoms with Crippen molar-refractivity contribution in [1.29, 1.82) is 5.26 Å². The van der Waals surface area contributed by atoms with Gasteiger partial charge < -0.3 is 4.90 Å². The van der Waals surface area contributed by atoms with Gasteiger partial charge in [-0.05, 0) is 57.4 Å². The maximum Gasteiger partial charge on any atom is 0.103 e. The first kappa shape index (κ1) is 16.5. The normalized spacial score (nSPS) is 13.6. The molecule has 3 nitrogen and oxygen atoms in total. The van der Waals surface area contributed by atoms with E-state index < -0.39 is 5.54 Å². The Kier molecular flexibility index (Phi) is 6.54. The minimum atomic E-state index is -0.399. The smallest absolute Gasteiger partial charge is 0.103 e. The molecular formula is C17H27N3. The third kappa shape index (κ3) is 5.22. The molecule has 0 radical (unpaired) electrons.